The highest BCUT2D eigenvalue weighted by Crippen LogP contribution is 2.33. The molecular weight excluding hydrogens is 320 g/mol. The SMILES string of the molecule is Cc1cc(S(=O)(=O)Nc2ccc3c(c2)NC(=O)[C@@H](C)O3)c(C)o1. The zero-order valence-corrected chi connectivity index (χ0v) is 13.7. The predicted molar refractivity (Wildman–Crippen MR) is 84.2 cm³/mol. The van der Waals surface area contributed by atoms with Crippen LogP contribution in [-0.2, 0) is 14.8 Å². The van der Waals surface area contributed by atoms with Crippen LogP contribution >= 0.6 is 0 Å². The predicted octanol–water partition coefficient (Wildman–Crippen LogP) is 2.42. The molecule has 8 heteroatoms. The van der Waals surface area contributed by atoms with Crippen molar-refractivity contribution in [3.8, 4) is 5.75 Å². The molecule has 1 aliphatic heterocycles. The minimum atomic E-state index is -3.77. The molecule has 1 aliphatic rings. The molecule has 0 radical (unpaired) electrons. The molecule has 0 bridgehead atoms. The Morgan fingerprint density at radius 1 is 1.22 bits per heavy atom. The minimum Gasteiger partial charge on any atom is -0.479 e. The van der Waals surface area contributed by atoms with Crippen LogP contribution in [0.3, 0.4) is 0 Å². The summed E-state index contributed by atoms with van der Waals surface area (Å²) in [5.74, 6) is 1.05. The monoisotopic (exact) mass is 336 g/mol. The van der Waals surface area contributed by atoms with Gasteiger partial charge in [0.2, 0.25) is 0 Å². The number of ether oxygens (including phenoxy) is 1. The van der Waals surface area contributed by atoms with Gasteiger partial charge in [0.05, 0.1) is 11.4 Å². The Balaban J connectivity index is 1.91. The van der Waals surface area contributed by atoms with Crippen molar-refractivity contribution in [1.29, 1.82) is 0 Å². The van der Waals surface area contributed by atoms with Crippen molar-refractivity contribution >= 4 is 27.3 Å². The van der Waals surface area contributed by atoms with Crippen molar-refractivity contribution in [2.24, 2.45) is 0 Å². The van der Waals surface area contributed by atoms with E-state index in [0.717, 1.165) is 0 Å². The van der Waals surface area contributed by atoms with Crippen LogP contribution < -0.4 is 14.8 Å². The van der Waals surface area contributed by atoms with Gasteiger partial charge in [-0.25, -0.2) is 8.42 Å². The van der Waals surface area contributed by atoms with E-state index in [1.54, 1.807) is 32.9 Å². The minimum absolute atomic E-state index is 0.0848. The molecule has 1 aromatic carbocycles. The maximum Gasteiger partial charge on any atom is 0.265 e. The number of furan rings is 1. The Morgan fingerprint density at radius 3 is 2.61 bits per heavy atom. The molecular formula is C15H16N2O5S. The van der Waals surface area contributed by atoms with Crippen LogP contribution in [0.25, 0.3) is 0 Å². The van der Waals surface area contributed by atoms with Gasteiger partial charge in [-0.1, -0.05) is 0 Å². The van der Waals surface area contributed by atoms with Gasteiger partial charge in [0.15, 0.2) is 6.10 Å². The van der Waals surface area contributed by atoms with Crippen LogP contribution in [0.1, 0.15) is 18.4 Å². The molecule has 3 rings (SSSR count). The number of sulfonamides is 1. The summed E-state index contributed by atoms with van der Waals surface area (Å²) in [5, 5.41) is 2.67. The van der Waals surface area contributed by atoms with E-state index in [4.69, 9.17) is 9.15 Å². The van der Waals surface area contributed by atoms with E-state index in [9.17, 15) is 13.2 Å². The lowest BCUT2D eigenvalue weighted by atomic mass is 10.2. The molecule has 23 heavy (non-hydrogen) atoms. The first-order valence-corrected chi connectivity index (χ1v) is 8.46. The van der Waals surface area contributed by atoms with Crippen molar-refractivity contribution in [2.45, 2.75) is 31.8 Å². The third kappa shape index (κ3) is 2.89. The molecule has 0 aliphatic carbocycles. The molecule has 0 spiro atoms. The molecule has 0 unspecified atom stereocenters. The maximum atomic E-state index is 12.4. The van der Waals surface area contributed by atoms with Crippen LogP contribution in [0.2, 0.25) is 0 Å². The van der Waals surface area contributed by atoms with Crippen molar-refractivity contribution in [1.82, 2.24) is 0 Å². The number of fused-ring (bicyclic) bond motifs is 1. The topological polar surface area (TPSA) is 97.6 Å². The Hall–Kier alpha value is -2.48. The van der Waals surface area contributed by atoms with Gasteiger partial charge in [-0.05, 0) is 39.0 Å². The zero-order valence-electron chi connectivity index (χ0n) is 12.8. The molecule has 7 nitrogen and oxygen atoms in total. The van der Waals surface area contributed by atoms with Gasteiger partial charge in [-0.15, -0.1) is 0 Å². The summed E-state index contributed by atoms with van der Waals surface area (Å²) in [7, 11) is -3.77. The molecule has 1 aromatic heterocycles. The van der Waals surface area contributed by atoms with Gasteiger partial charge in [0.25, 0.3) is 15.9 Å². The Bertz CT molecular complexity index is 885. The van der Waals surface area contributed by atoms with E-state index in [0.29, 0.717) is 28.6 Å². The van der Waals surface area contributed by atoms with E-state index < -0.39 is 16.1 Å². The Morgan fingerprint density at radius 2 is 1.96 bits per heavy atom. The van der Waals surface area contributed by atoms with Gasteiger partial charge in [-0.3, -0.25) is 9.52 Å². The zero-order chi connectivity index (χ0) is 16.8. The molecule has 2 aromatic rings. The largest absolute Gasteiger partial charge is 0.479 e. The number of benzene rings is 1. The van der Waals surface area contributed by atoms with Gasteiger partial charge in [-0.2, -0.15) is 0 Å². The summed E-state index contributed by atoms with van der Waals surface area (Å²) in [4.78, 5) is 11.7. The molecule has 1 atom stereocenters. The standard InChI is InChI=1S/C15H16N2O5S/c1-8-6-14(9(2)21-8)23(19,20)17-11-4-5-13-12(7-11)16-15(18)10(3)22-13/h4-7,10,17H,1-3H3,(H,16,18)/t10-/m1/s1. The lowest BCUT2D eigenvalue weighted by Crippen LogP contribution is -2.34. The molecule has 2 N–H and O–H groups in total. The Kier molecular flexibility index (Phi) is 3.56. The second kappa shape index (κ2) is 5.31. The fourth-order valence-corrected chi connectivity index (χ4v) is 3.65. The summed E-state index contributed by atoms with van der Waals surface area (Å²) in [5.41, 5.74) is 0.744. The van der Waals surface area contributed by atoms with Crippen LogP contribution in [-0.4, -0.2) is 20.4 Å². The number of amides is 1. The quantitative estimate of drug-likeness (QED) is 0.897. The lowest BCUT2D eigenvalue weighted by molar-refractivity contribution is -0.122. The number of nitrogens with one attached hydrogen (secondary N) is 2. The average Bonchev–Trinajstić information content (AvgIpc) is 2.80. The second-order valence-corrected chi connectivity index (χ2v) is 6.99. The number of anilines is 2. The number of rotatable bonds is 3. The first kappa shape index (κ1) is 15.4. The van der Waals surface area contributed by atoms with Crippen molar-refractivity contribution < 1.29 is 22.4 Å². The first-order chi connectivity index (χ1) is 10.8. The van der Waals surface area contributed by atoms with Crippen LogP contribution in [0.15, 0.2) is 33.6 Å². The van der Waals surface area contributed by atoms with Gasteiger partial charge in [0.1, 0.15) is 22.2 Å². The molecule has 1 amide bonds. The third-order valence-electron chi connectivity index (χ3n) is 3.45. The average molecular weight is 336 g/mol. The molecule has 0 saturated heterocycles. The molecule has 0 fully saturated rings. The molecule has 0 saturated carbocycles. The van der Waals surface area contributed by atoms with E-state index in [1.807, 2.05) is 0 Å². The highest BCUT2D eigenvalue weighted by Gasteiger charge is 2.25. The van der Waals surface area contributed by atoms with E-state index in [-0.39, 0.29) is 10.8 Å². The van der Waals surface area contributed by atoms with E-state index >= 15 is 0 Å². The van der Waals surface area contributed by atoms with Crippen LogP contribution in [0, 0.1) is 13.8 Å². The second-order valence-electron chi connectivity index (χ2n) is 5.34. The summed E-state index contributed by atoms with van der Waals surface area (Å²) >= 11 is 0. The highest BCUT2D eigenvalue weighted by molar-refractivity contribution is 7.92. The molecule has 122 valence electrons. The normalized spacial score (nSPS) is 17.2. The maximum absolute atomic E-state index is 12.4. The van der Waals surface area contributed by atoms with E-state index in [2.05, 4.69) is 10.0 Å². The van der Waals surface area contributed by atoms with Gasteiger partial charge in [0, 0.05) is 6.07 Å². The summed E-state index contributed by atoms with van der Waals surface area (Å²) in [6.07, 6.45) is -0.582. The lowest BCUT2D eigenvalue weighted by Gasteiger charge is -2.23. The molecule has 2 heterocycles. The Labute approximate surface area is 133 Å². The summed E-state index contributed by atoms with van der Waals surface area (Å²) in [6.45, 7) is 4.90. The van der Waals surface area contributed by atoms with Crippen molar-refractivity contribution in [2.75, 3.05) is 10.0 Å². The number of aryl methyl sites for hydroxylation is 2. The summed E-state index contributed by atoms with van der Waals surface area (Å²) < 4.78 is 38.0. The fraction of sp³-hybridized carbons (Fsp3) is 0.267. The van der Waals surface area contributed by atoms with Gasteiger partial charge < -0.3 is 14.5 Å². The van der Waals surface area contributed by atoms with Crippen LogP contribution in [0.4, 0.5) is 11.4 Å². The summed E-state index contributed by atoms with van der Waals surface area (Å²) in [6, 6.07) is 6.15. The number of carbonyl (C=O) groups excluding carboxylic acids is 1. The van der Waals surface area contributed by atoms with Crippen molar-refractivity contribution in [3.63, 3.8) is 0 Å². The van der Waals surface area contributed by atoms with E-state index in [1.165, 1.54) is 12.1 Å². The fourth-order valence-electron chi connectivity index (χ4n) is 2.36. The van der Waals surface area contributed by atoms with Crippen LogP contribution in [0.5, 0.6) is 5.75 Å². The highest BCUT2D eigenvalue weighted by atomic mass is 32.2. The van der Waals surface area contributed by atoms with Crippen molar-refractivity contribution in [3.05, 3.63) is 35.8 Å². The van der Waals surface area contributed by atoms with Gasteiger partial charge >= 0.3 is 0 Å². The number of hydrogen-bond acceptors (Lipinski definition) is 5. The number of carbonyl (C=O) groups is 1. The smallest absolute Gasteiger partial charge is 0.265 e. The first-order valence-electron chi connectivity index (χ1n) is 6.98. The third-order valence-corrected chi connectivity index (χ3v) is 4.94. The number of hydrogen-bond donors (Lipinski definition) is 2.